The lowest BCUT2D eigenvalue weighted by Gasteiger charge is -2.29. The average molecular weight is 256 g/mol. The quantitative estimate of drug-likeness (QED) is 0.817. The Morgan fingerprint density at radius 1 is 1.65 bits per heavy atom. The van der Waals surface area contributed by atoms with E-state index in [2.05, 4.69) is 4.98 Å². The molecule has 0 aliphatic heterocycles. The number of aryl methyl sites for hydroxylation is 1. The van der Waals surface area contributed by atoms with Crippen LogP contribution in [0.1, 0.15) is 31.0 Å². The number of nitrogens with two attached hydrogens (primary N) is 1. The topological polar surface area (TPSA) is 76.2 Å². The molecule has 0 aromatic carbocycles. The second kappa shape index (κ2) is 5.60. The minimum absolute atomic E-state index is 0.150. The molecule has 4 nitrogen and oxygen atoms in total. The fourth-order valence-electron chi connectivity index (χ4n) is 2.10. The van der Waals surface area contributed by atoms with Crippen molar-refractivity contribution in [1.82, 2.24) is 4.98 Å². The van der Waals surface area contributed by atoms with Crippen molar-refractivity contribution in [3.63, 3.8) is 0 Å². The lowest BCUT2D eigenvalue weighted by Crippen LogP contribution is -2.41. The van der Waals surface area contributed by atoms with Crippen molar-refractivity contribution in [1.29, 1.82) is 0 Å². The van der Waals surface area contributed by atoms with Crippen molar-refractivity contribution in [2.75, 3.05) is 6.54 Å². The maximum Gasteiger partial charge on any atom is 0.311 e. The molecule has 0 fully saturated rings. The van der Waals surface area contributed by atoms with E-state index >= 15 is 0 Å². The molecule has 1 aromatic rings. The van der Waals surface area contributed by atoms with Gasteiger partial charge in [0.25, 0.3) is 0 Å². The Balaban J connectivity index is 2.93. The normalized spacial score (nSPS) is 14.9. The summed E-state index contributed by atoms with van der Waals surface area (Å²) in [6.07, 6.45) is 0.997. The predicted molar refractivity (Wildman–Crippen MR) is 69.1 cm³/mol. The second-order valence-electron chi connectivity index (χ2n) is 4.92. The van der Waals surface area contributed by atoms with Crippen molar-refractivity contribution in [3.8, 4) is 0 Å². The molecule has 0 radical (unpaired) electrons. The van der Waals surface area contributed by atoms with Crippen LogP contribution < -0.4 is 5.73 Å². The van der Waals surface area contributed by atoms with Gasteiger partial charge in [0.1, 0.15) is 0 Å². The smallest absolute Gasteiger partial charge is 0.311 e. The molecule has 96 valence electrons. The number of nitrogens with zero attached hydrogens (tertiary/aromatic N) is 1. The number of hydrogen-bond acceptors (Lipinski definition) is 4. The van der Waals surface area contributed by atoms with Gasteiger partial charge in [0, 0.05) is 18.3 Å². The van der Waals surface area contributed by atoms with Crippen LogP contribution in [0.25, 0.3) is 0 Å². The minimum Gasteiger partial charge on any atom is -0.481 e. The highest BCUT2D eigenvalue weighted by Gasteiger charge is 2.38. The Hall–Kier alpha value is -0.940. The van der Waals surface area contributed by atoms with Crippen molar-refractivity contribution in [3.05, 3.63) is 16.1 Å². The van der Waals surface area contributed by atoms with Gasteiger partial charge in [-0.1, -0.05) is 13.8 Å². The van der Waals surface area contributed by atoms with Crippen LogP contribution in [-0.4, -0.2) is 22.6 Å². The number of carboxylic acids is 1. The number of rotatable bonds is 6. The summed E-state index contributed by atoms with van der Waals surface area (Å²) in [7, 11) is 0. The standard InChI is InChI=1S/C12H20N2O2S/c1-8(2)4-12(7-13,11(15)16)5-10-6-17-9(3)14-10/h6,8H,4-5,7,13H2,1-3H3,(H,15,16). The molecule has 0 saturated carbocycles. The van der Waals surface area contributed by atoms with Gasteiger partial charge in [-0.25, -0.2) is 4.98 Å². The molecule has 3 N–H and O–H groups in total. The molecule has 17 heavy (non-hydrogen) atoms. The first-order chi connectivity index (χ1) is 7.89. The molecule has 1 heterocycles. The zero-order valence-corrected chi connectivity index (χ0v) is 11.4. The molecular weight excluding hydrogens is 236 g/mol. The lowest BCUT2D eigenvalue weighted by molar-refractivity contribution is -0.149. The van der Waals surface area contributed by atoms with Crippen LogP contribution in [0.5, 0.6) is 0 Å². The summed E-state index contributed by atoms with van der Waals surface area (Å²) in [5.74, 6) is -0.520. The summed E-state index contributed by atoms with van der Waals surface area (Å²) in [5.41, 5.74) is 5.66. The van der Waals surface area contributed by atoms with E-state index in [4.69, 9.17) is 5.73 Å². The van der Waals surface area contributed by atoms with Crippen LogP contribution in [0, 0.1) is 18.3 Å². The maximum atomic E-state index is 11.5. The van der Waals surface area contributed by atoms with Gasteiger partial charge in [0.2, 0.25) is 0 Å². The molecule has 1 rings (SSSR count). The largest absolute Gasteiger partial charge is 0.481 e. The van der Waals surface area contributed by atoms with Gasteiger partial charge in [-0.2, -0.15) is 0 Å². The molecular formula is C12H20N2O2S. The fourth-order valence-corrected chi connectivity index (χ4v) is 2.71. The average Bonchev–Trinajstić information content (AvgIpc) is 2.61. The zero-order valence-electron chi connectivity index (χ0n) is 10.6. The van der Waals surface area contributed by atoms with Crippen LogP contribution in [0.4, 0.5) is 0 Å². The molecule has 0 aliphatic rings. The number of aromatic nitrogens is 1. The SMILES string of the molecule is Cc1nc(CC(CN)(CC(C)C)C(=O)O)cs1. The van der Waals surface area contributed by atoms with Gasteiger partial charge < -0.3 is 10.8 Å². The van der Waals surface area contributed by atoms with Crippen LogP contribution in [0.3, 0.4) is 0 Å². The number of thiazole rings is 1. The monoisotopic (exact) mass is 256 g/mol. The summed E-state index contributed by atoms with van der Waals surface area (Å²) in [5, 5.41) is 12.3. The van der Waals surface area contributed by atoms with Crippen LogP contribution in [0.2, 0.25) is 0 Å². The number of hydrogen-bond donors (Lipinski definition) is 2. The first kappa shape index (κ1) is 14.1. The summed E-state index contributed by atoms with van der Waals surface area (Å²) in [6.45, 7) is 6.10. The van der Waals surface area contributed by atoms with Gasteiger partial charge in [-0.3, -0.25) is 4.79 Å². The highest BCUT2D eigenvalue weighted by Crippen LogP contribution is 2.30. The Morgan fingerprint density at radius 2 is 2.29 bits per heavy atom. The minimum atomic E-state index is -0.880. The Labute approximate surface area is 106 Å². The van der Waals surface area contributed by atoms with E-state index in [1.807, 2.05) is 26.2 Å². The van der Waals surface area contributed by atoms with Gasteiger partial charge in [0.15, 0.2) is 0 Å². The first-order valence-corrected chi connectivity index (χ1v) is 6.62. The number of carboxylic acid groups (broad SMARTS) is 1. The number of aliphatic carboxylic acids is 1. The summed E-state index contributed by atoms with van der Waals surface area (Å²) < 4.78 is 0. The Kier molecular flexibility index (Phi) is 4.65. The van der Waals surface area contributed by atoms with Crippen LogP contribution in [0.15, 0.2) is 5.38 Å². The third-order valence-electron chi connectivity index (χ3n) is 2.83. The third kappa shape index (κ3) is 3.51. The molecule has 0 amide bonds. The summed E-state index contributed by atoms with van der Waals surface area (Å²) in [6, 6.07) is 0. The van der Waals surface area contributed by atoms with Gasteiger partial charge in [0.05, 0.1) is 16.1 Å². The Bertz CT molecular complexity index is 390. The summed E-state index contributed by atoms with van der Waals surface area (Å²) in [4.78, 5) is 15.8. The maximum absolute atomic E-state index is 11.5. The zero-order chi connectivity index (χ0) is 13.1. The van der Waals surface area contributed by atoms with E-state index in [9.17, 15) is 9.90 Å². The van der Waals surface area contributed by atoms with Crippen LogP contribution in [-0.2, 0) is 11.2 Å². The van der Waals surface area contributed by atoms with E-state index in [0.717, 1.165) is 10.7 Å². The molecule has 0 saturated heterocycles. The first-order valence-electron chi connectivity index (χ1n) is 5.74. The molecule has 1 unspecified atom stereocenters. The van der Waals surface area contributed by atoms with Gasteiger partial charge in [-0.15, -0.1) is 11.3 Å². The van der Waals surface area contributed by atoms with E-state index in [1.165, 1.54) is 0 Å². The Morgan fingerprint density at radius 3 is 2.65 bits per heavy atom. The highest BCUT2D eigenvalue weighted by molar-refractivity contribution is 7.09. The van der Waals surface area contributed by atoms with E-state index in [1.54, 1.807) is 11.3 Å². The molecule has 1 aromatic heterocycles. The van der Waals surface area contributed by atoms with Crippen molar-refractivity contribution >= 4 is 17.3 Å². The van der Waals surface area contributed by atoms with E-state index in [0.29, 0.717) is 18.8 Å². The van der Waals surface area contributed by atoms with Gasteiger partial charge >= 0.3 is 5.97 Å². The molecule has 0 spiro atoms. The van der Waals surface area contributed by atoms with Crippen LogP contribution >= 0.6 is 11.3 Å². The van der Waals surface area contributed by atoms with Gasteiger partial charge in [-0.05, 0) is 19.3 Å². The predicted octanol–water partition coefficient (Wildman–Crippen LogP) is 2.07. The molecule has 5 heteroatoms. The lowest BCUT2D eigenvalue weighted by atomic mass is 9.76. The van der Waals surface area contributed by atoms with Crippen molar-refractivity contribution < 1.29 is 9.90 Å². The second-order valence-corrected chi connectivity index (χ2v) is 5.98. The van der Waals surface area contributed by atoms with E-state index in [-0.39, 0.29) is 6.54 Å². The number of carbonyl (C=O) groups is 1. The van der Waals surface area contributed by atoms with Crippen molar-refractivity contribution in [2.45, 2.75) is 33.6 Å². The molecule has 0 aliphatic carbocycles. The highest BCUT2D eigenvalue weighted by atomic mass is 32.1. The molecule has 0 bridgehead atoms. The van der Waals surface area contributed by atoms with Crippen molar-refractivity contribution in [2.24, 2.45) is 17.1 Å². The summed E-state index contributed by atoms with van der Waals surface area (Å²) >= 11 is 1.54. The third-order valence-corrected chi connectivity index (χ3v) is 3.65. The fraction of sp³-hybridized carbons (Fsp3) is 0.667. The van der Waals surface area contributed by atoms with E-state index < -0.39 is 11.4 Å². The molecule has 1 atom stereocenters.